The molecular weight excluding hydrogens is 380 g/mol. The van der Waals surface area contributed by atoms with E-state index in [9.17, 15) is 10.1 Å². The number of nitrogens with two attached hydrogens (primary N) is 1. The number of hydrogen-bond donors (Lipinski definition) is 1. The normalized spacial score (nSPS) is 24.3. The second kappa shape index (κ2) is 6.57. The fourth-order valence-corrected chi connectivity index (χ4v) is 4.73. The smallest absolute Gasteiger partial charge is 0.261 e. The van der Waals surface area contributed by atoms with Crippen LogP contribution in [0.1, 0.15) is 30.4 Å². The van der Waals surface area contributed by atoms with Crippen molar-refractivity contribution in [3.05, 3.63) is 53.6 Å². The predicted molar refractivity (Wildman–Crippen MR) is 111 cm³/mol. The number of guanidine groups is 1. The molecule has 3 heterocycles. The number of nitriles is 1. The highest BCUT2D eigenvalue weighted by Crippen LogP contribution is 2.52. The van der Waals surface area contributed by atoms with E-state index in [4.69, 9.17) is 20.2 Å². The quantitative estimate of drug-likeness (QED) is 0.790. The van der Waals surface area contributed by atoms with Crippen molar-refractivity contribution in [2.45, 2.75) is 30.4 Å². The first-order chi connectivity index (χ1) is 14.5. The fourth-order valence-electron chi connectivity index (χ4n) is 4.73. The molecule has 2 N–H and O–H groups in total. The number of benzene rings is 2. The second-order valence-electron chi connectivity index (χ2n) is 8.17. The molecule has 1 saturated heterocycles. The number of aliphatic imine (C=N–C) groups is 1. The van der Waals surface area contributed by atoms with Crippen LogP contribution in [-0.4, -0.2) is 42.6 Å². The van der Waals surface area contributed by atoms with E-state index in [2.05, 4.69) is 6.07 Å². The third-order valence-electron chi connectivity index (χ3n) is 6.37. The third kappa shape index (κ3) is 2.68. The number of rotatable bonds is 1. The highest BCUT2D eigenvalue weighted by Gasteiger charge is 2.58. The molecule has 3 aliphatic rings. The first kappa shape index (κ1) is 18.6. The van der Waals surface area contributed by atoms with Crippen LogP contribution in [-0.2, 0) is 15.1 Å². The molecule has 0 bridgehead atoms. The Hall–Kier alpha value is -3.37. The lowest BCUT2D eigenvalue weighted by molar-refractivity contribution is -0.137. The van der Waals surface area contributed by atoms with Crippen molar-refractivity contribution in [2.24, 2.45) is 10.7 Å². The van der Waals surface area contributed by atoms with Crippen molar-refractivity contribution in [3.63, 3.8) is 0 Å². The van der Waals surface area contributed by atoms with Gasteiger partial charge in [0, 0.05) is 31.9 Å². The summed E-state index contributed by atoms with van der Waals surface area (Å²) in [4.78, 5) is 19.6. The molecule has 0 radical (unpaired) electrons. The highest BCUT2D eigenvalue weighted by atomic mass is 16.5. The molecule has 1 amide bonds. The van der Waals surface area contributed by atoms with Gasteiger partial charge < -0.3 is 15.2 Å². The Labute approximate surface area is 174 Å². The van der Waals surface area contributed by atoms with Crippen molar-refractivity contribution in [3.8, 4) is 22.9 Å². The van der Waals surface area contributed by atoms with Crippen LogP contribution in [0.5, 0.6) is 5.75 Å². The molecule has 7 heteroatoms. The zero-order valence-corrected chi connectivity index (χ0v) is 16.7. The lowest BCUT2D eigenvalue weighted by Crippen LogP contribution is -2.53. The lowest BCUT2D eigenvalue weighted by Gasteiger charge is -2.46. The maximum atomic E-state index is 13.4. The molecule has 30 heavy (non-hydrogen) atoms. The monoisotopic (exact) mass is 402 g/mol. The van der Waals surface area contributed by atoms with Gasteiger partial charge in [-0.1, -0.05) is 18.2 Å². The molecule has 2 aromatic carbocycles. The number of likely N-dealkylation sites (N-methyl/N-ethyl adjacent to an activating group) is 1. The van der Waals surface area contributed by atoms with Crippen molar-refractivity contribution in [1.82, 2.24) is 4.90 Å². The maximum Gasteiger partial charge on any atom is 0.261 e. The maximum absolute atomic E-state index is 13.4. The van der Waals surface area contributed by atoms with Crippen molar-refractivity contribution >= 4 is 11.9 Å². The van der Waals surface area contributed by atoms with Crippen LogP contribution in [0, 0.1) is 11.3 Å². The van der Waals surface area contributed by atoms with Crippen LogP contribution in [0.25, 0.3) is 11.1 Å². The van der Waals surface area contributed by atoms with Gasteiger partial charge in [-0.3, -0.25) is 9.69 Å². The van der Waals surface area contributed by atoms with Gasteiger partial charge in [0.2, 0.25) is 0 Å². The van der Waals surface area contributed by atoms with Crippen LogP contribution in [0.3, 0.4) is 0 Å². The molecule has 1 atom stereocenters. The SMILES string of the molecule is CN1C(=O)C2(CC3(CCOCC3)Oc3ccc(-c4cccc(C#N)c4)cc32)N=C1N. The summed E-state index contributed by atoms with van der Waals surface area (Å²) in [5.74, 6) is 0.730. The van der Waals surface area contributed by atoms with Gasteiger partial charge in [0.1, 0.15) is 11.4 Å². The number of ether oxygens (including phenoxy) is 2. The summed E-state index contributed by atoms with van der Waals surface area (Å²) in [7, 11) is 1.65. The van der Waals surface area contributed by atoms with E-state index in [1.54, 1.807) is 13.1 Å². The Morgan fingerprint density at radius 1 is 1.17 bits per heavy atom. The van der Waals surface area contributed by atoms with E-state index in [0.29, 0.717) is 43.8 Å². The Morgan fingerprint density at radius 2 is 1.93 bits per heavy atom. The summed E-state index contributed by atoms with van der Waals surface area (Å²) < 4.78 is 12.0. The lowest BCUT2D eigenvalue weighted by atomic mass is 9.73. The standard InChI is InChI=1S/C23H22N4O3/c1-27-20(28)23(26-21(27)25)14-22(7-9-29-10-8-22)30-19-6-5-17(12-18(19)23)16-4-2-3-15(11-16)13-24/h2-6,11-12H,7-10,14H2,1H3,(H2,25,26). The molecule has 0 saturated carbocycles. The van der Waals surface area contributed by atoms with Crippen molar-refractivity contribution in [2.75, 3.05) is 20.3 Å². The van der Waals surface area contributed by atoms with Crippen LogP contribution >= 0.6 is 0 Å². The van der Waals surface area contributed by atoms with Crippen LogP contribution < -0.4 is 10.5 Å². The molecule has 0 aliphatic carbocycles. The third-order valence-corrected chi connectivity index (χ3v) is 6.37. The fraction of sp³-hybridized carbons (Fsp3) is 0.348. The second-order valence-corrected chi connectivity index (χ2v) is 8.17. The molecule has 5 rings (SSSR count). The number of carbonyl (C=O) groups excluding carboxylic acids is 1. The average Bonchev–Trinajstić information content (AvgIpc) is 2.98. The molecule has 2 aromatic rings. The summed E-state index contributed by atoms with van der Waals surface area (Å²) in [5, 5.41) is 9.24. The van der Waals surface area contributed by atoms with E-state index in [1.165, 1.54) is 4.90 Å². The zero-order valence-electron chi connectivity index (χ0n) is 16.7. The number of nitrogens with zero attached hydrogens (tertiary/aromatic N) is 3. The molecule has 2 spiro atoms. The van der Waals surface area contributed by atoms with Crippen molar-refractivity contribution in [1.29, 1.82) is 5.26 Å². The number of fused-ring (bicyclic) bond motifs is 2. The van der Waals surface area contributed by atoms with E-state index in [-0.39, 0.29) is 11.9 Å². The van der Waals surface area contributed by atoms with Crippen LogP contribution in [0.4, 0.5) is 0 Å². The first-order valence-electron chi connectivity index (χ1n) is 10.0. The van der Waals surface area contributed by atoms with E-state index >= 15 is 0 Å². The largest absolute Gasteiger partial charge is 0.487 e. The van der Waals surface area contributed by atoms with Gasteiger partial charge in [0.25, 0.3) is 5.91 Å². The number of hydrogen-bond acceptors (Lipinski definition) is 6. The van der Waals surface area contributed by atoms with Gasteiger partial charge >= 0.3 is 0 Å². The minimum Gasteiger partial charge on any atom is -0.487 e. The summed E-state index contributed by atoms with van der Waals surface area (Å²) in [6.07, 6.45) is 1.83. The van der Waals surface area contributed by atoms with E-state index in [1.807, 2.05) is 36.4 Å². The van der Waals surface area contributed by atoms with Gasteiger partial charge in [-0.2, -0.15) is 5.26 Å². The predicted octanol–water partition coefficient (Wildman–Crippen LogP) is 2.54. The zero-order chi connectivity index (χ0) is 20.9. The highest BCUT2D eigenvalue weighted by molar-refractivity contribution is 6.07. The molecule has 1 unspecified atom stereocenters. The topological polar surface area (TPSA) is 101 Å². The Balaban J connectivity index is 1.68. The van der Waals surface area contributed by atoms with Crippen LogP contribution in [0.2, 0.25) is 0 Å². The summed E-state index contributed by atoms with van der Waals surface area (Å²) in [6, 6.07) is 15.4. The Bertz CT molecular complexity index is 1110. The number of carbonyl (C=O) groups is 1. The van der Waals surface area contributed by atoms with Crippen LogP contribution in [0.15, 0.2) is 47.5 Å². The molecular formula is C23H22N4O3. The van der Waals surface area contributed by atoms with Gasteiger partial charge in [0.15, 0.2) is 11.5 Å². The molecule has 0 aromatic heterocycles. The molecule has 7 nitrogen and oxygen atoms in total. The number of amides is 1. The first-order valence-corrected chi connectivity index (χ1v) is 10.0. The van der Waals surface area contributed by atoms with Gasteiger partial charge in [-0.25, -0.2) is 4.99 Å². The van der Waals surface area contributed by atoms with Crippen molar-refractivity contribution < 1.29 is 14.3 Å². The molecule has 152 valence electrons. The average molecular weight is 402 g/mol. The summed E-state index contributed by atoms with van der Waals surface area (Å²) in [6.45, 7) is 1.18. The summed E-state index contributed by atoms with van der Waals surface area (Å²) >= 11 is 0. The molecule has 1 fully saturated rings. The summed E-state index contributed by atoms with van der Waals surface area (Å²) in [5.41, 5.74) is 7.58. The minimum absolute atomic E-state index is 0.140. The van der Waals surface area contributed by atoms with E-state index in [0.717, 1.165) is 16.7 Å². The van der Waals surface area contributed by atoms with Gasteiger partial charge in [0.05, 0.1) is 24.8 Å². The Morgan fingerprint density at radius 3 is 2.63 bits per heavy atom. The van der Waals surface area contributed by atoms with Gasteiger partial charge in [-0.05, 0) is 35.4 Å². The van der Waals surface area contributed by atoms with E-state index < -0.39 is 11.1 Å². The van der Waals surface area contributed by atoms with Gasteiger partial charge in [-0.15, -0.1) is 0 Å². The Kier molecular flexibility index (Phi) is 4.09. The minimum atomic E-state index is -1.10. The molecule has 3 aliphatic heterocycles.